The van der Waals surface area contributed by atoms with E-state index in [2.05, 4.69) is 5.32 Å². The van der Waals surface area contributed by atoms with Crippen molar-refractivity contribution in [3.05, 3.63) is 23.8 Å². The number of carbonyl (C=O) groups is 3. The molecule has 8 nitrogen and oxygen atoms in total. The Hall–Kier alpha value is -2.61. The number of carboxylic acids is 1. The largest absolute Gasteiger partial charge is 0.482 e. The number of amides is 2. The van der Waals surface area contributed by atoms with Crippen LogP contribution in [0.5, 0.6) is 5.75 Å². The lowest BCUT2D eigenvalue weighted by Gasteiger charge is -2.35. The molecule has 0 aromatic heterocycles. The van der Waals surface area contributed by atoms with Gasteiger partial charge >= 0.3 is 5.97 Å². The van der Waals surface area contributed by atoms with Crippen LogP contribution in [0.2, 0.25) is 0 Å². The van der Waals surface area contributed by atoms with Crippen LogP contribution in [-0.4, -0.2) is 59.7 Å². The minimum absolute atomic E-state index is 0.0154. The third-order valence-corrected chi connectivity index (χ3v) is 3.68. The van der Waals surface area contributed by atoms with E-state index in [1.807, 2.05) is 0 Å². The first-order chi connectivity index (χ1) is 10.9. The number of carbonyl (C=O) groups excluding carboxylic acids is 2. The number of anilines is 1. The third-order valence-electron chi connectivity index (χ3n) is 3.68. The van der Waals surface area contributed by atoms with Crippen molar-refractivity contribution in [2.75, 3.05) is 25.0 Å². The van der Waals surface area contributed by atoms with Gasteiger partial charge < -0.3 is 24.8 Å². The maximum atomic E-state index is 12.6. The molecule has 8 heteroatoms. The van der Waals surface area contributed by atoms with Gasteiger partial charge in [0.1, 0.15) is 5.75 Å². The lowest BCUT2D eigenvalue weighted by molar-refractivity contribution is -0.160. The van der Waals surface area contributed by atoms with Gasteiger partial charge in [0.15, 0.2) is 12.7 Å². The maximum Gasteiger partial charge on any atom is 0.334 e. The summed E-state index contributed by atoms with van der Waals surface area (Å²) >= 11 is 0. The lowest BCUT2D eigenvalue weighted by atomic mass is 10.1. The fourth-order valence-corrected chi connectivity index (χ4v) is 2.65. The molecule has 0 radical (unpaired) electrons. The zero-order chi connectivity index (χ0) is 16.6. The van der Waals surface area contributed by atoms with Crippen LogP contribution in [0.25, 0.3) is 0 Å². The number of morpholine rings is 1. The predicted molar refractivity (Wildman–Crippen MR) is 78.4 cm³/mol. The molecule has 0 aliphatic carbocycles. The van der Waals surface area contributed by atoms with Gasteiger partial charge in [0, 0.05) is 12.1 Å². The summed E-state index contributed by atoms with van der Waals surface area (Å²) in [7, 11) is 0. The molecule has 2 aliphatic heterocycles. The second-order valence-electron chi connectivity index (χ2n) is 5.53. The van der Waals surface area contributed by atoms with E-state index in [0.717, 1.165) is 0 Å². The highest BCUT2D eigenvalue weighted by atomic mass is 16.5. The number of hydrogen-bond donors (Lipinski definition) is 2. The number of nitrogens with zero attached hydrogens (tertiary/aromatic N) is 1. The van der Waals surface area contributed by atoms with Crippen molar-refractivity contribution >= 4 is 23.5 Å². The summed E-state index contributed by atoms with van der Waals surface area (Å²) in [5.74, 6) is -1.19. The molecule has 2 heterocycles. The van der Waals surface area contributed by atoms with E-state index in [1.54, 1.807) is 19.1 Å². The molecular weight excluding hydrogens is 304 g/mol. The smallest absolute Gasteiger partial charge is 0.334 e. The van der Waals surface area contributed by atoms with Crippen molar-refractivity contribution in [2.45, 2.75) is 19.1 Å². The molecule has 1 aromatic carbocycles. The number of carboxylic acid groups (broad SMARTS) is 1. The van der Waals surface area contributed by atoms with Crippen LogP contribution < -0.4 is 10.1 Å². The van der Waals surface area contributed by atoms with Gasteiger partial charge in [0.05, 0.1) is 18.3 Å². The lowest BCUT2D eigenvalue weighted by Crippen LogP contribution is -2.51. The molecule has 0 spiro atoms. The van der Waals surface area contributed by atoms with E-state index in [-0.39, 0.29) is 31.1 Å². The molecule has 2 N–H and O–H groups in total. The van der Waals surface area contributed by atoms with Gasteiger partial charge in [0.2, 0.25) is 0 Å². The van der Waals surface area contributed by atoms with E-state index >= 15 is 0 Å². The summed E-state index contributed by atoms with van der Waals surface area (Å²) in [4.78, 5) is 36.5. The van der Waals surface area contributed by atoms with Crippen LogP contribution in [0.4, 0.5) is 5.69 Å². The van der Waals surface area contributed by atoms with Crippen LogP contribution in [0.15, 0.2) is 18.2 Å². The first kappa shape index (κ1) is 15.3. The molecule has 2 aliphatic rings. The predicted octanol–water partition coefficient (Wildman–Crippen LogP) is 0.332. The number of benzene rings is 1. The van der Waals surface area contributed by atoms with Crippen LogP contribution in [0.3, 0.4) is 0 Å². The molecule has 1 aromatic rings. The Labute approximate surface area is 132 Å². The SMILES string of the molecule is C[C@@H]1CN(C(=O)c2ccc3c(c2)NC(=O)CO3)CC(C(=O)O)O1. The summed E-state index contributed by atoms with van der Waals surface area (Å²) in [6.07, 6.45) is -1.40. The zero-order valence-corrected chi connectivity index (χ0v) is 12.4. The van der Waals surface area contributed by atoms with Crippen molar-refractivity contribution in [3.63, 3.8) is 0 Å². The molecule has 2 atom stereocenters. The second-order valence-corrected chi connectivity index (χ2v) is 5.53. The average Bonchev–Trinajstić information content (AvgIpc) is 2.52. The van der Waals surface area contributed by atoms with Gasteiger partial charge in [-0.25, -0.2) is 4.79 Å². The maximum absolute atomic E-state index is 12.6. The first-order valence-corrected chi connectivity index (χ1v) is 7.18. The second kappa shape index (κ2) is 5.88. The number of nitrogens with one attached hydrogen (secondary N) is 1. The van der Waals surface area contributed by atoms with Gasteiger partial charge in [-0.3, -0.25) is 9.59 Å². The topological polar surface area (TPSA) is 105 Å². The molecule has 2 amide bonds. The number of ether oxygens (including phenoxy) is 2. The first-order valence-electron chi connectivity index (χ1n) is 7.18. The Morgan fingerprint density at radius 3 is 2.87 bits per heavy atom. The summed E-state index contributed by atoms with van der Waals surface area (Å²) in [6.45, 7) is 1.96. The molecule has 1 saturated heterocycles. The minimum Gasteiger partial charge on any atom is -0.482 e. The highest BCUT2D eigenvalue weighted by Gasteiger charge is 2.33. The Morgan fingerprint density at radius 2 is 2.13 bits per heavy atom. The molecule has 122 valence electrons. The summed E-state index contributed by atoms with van der Waals surface area (Å²) in [5, 5.41) is 11.7. The standard InChI is InChI=1S/C15H16N2O6/c1-8-5-17(6-12(23-8)15(20)21)14(19)9-2-3-11-10(4-9)16-13(18)7-22-11/h2-4,8,12H,5-7H2,1H3,(H,16,18)(H,20,21)/t8-,12?/m1/s1. The van der Waals surface area contributed by atoms with Crippen molar-refractivity contribution in [1.82, 2.24) is 4.90 Å². The Morgan fingerprint density at radius 1 is 1.35 bits per heavy atom. The molecule has 23 heavy (non-hydrogen) atoms. The Bertz CT molecular complexity index is 674. The van der Waals surface area contributed by atoms with Gasteiger partial charge in [-0.1, -0.05) is 0 Å². The van der Waals surface area contributed by atoms with Gasteiger partial charge in [-0.15, -0.1) is 0 Å². The quantitative estimate of drug-likeness (QED) is 0.814. The molecular formula is C15H16N2O6. The Kier molecular flexibility index (Phi) is 3.91. The molecule has 3 rings (SSSR count). The third kappa shape index (κ3) is 3.11. The van der Waals surface area contributed by atoms with E-state index in [0.29, 0.717) is 23.5 Å². The average molecular weight is 320 g/mol. The molecule has 1 unspecified atom stereocenters. The highest BCUT2D eigenvalue weighted by Crippen LogP contribution is 2.29. The fourth-order valence-electron chi connectivity index (χ4n) is 2.65. The summed E-state index contributed by atoms with van der Waals surface area (Å²) in [5.41, 5.74) is 0.788. The van der Waals surface area contributed by atoms with Crippen molar-refractivity contribution in [2.24, 2.45) is 0 Å². The van der Waals surface area contributed by atoms with E-state index in [1.165, 1.54) is 11.0 Å². The summed E-state index contributed by atoms with van der Waals surface area (Å²) < 4.78 is 10.5. The number of aliphatic carboxylic acids is 1. The van der Waals surface area contributed by atoms with Crippen LogP contribution >= 0.6 is 0 Å². The van der Waals surface area contributed by atoms with E-state index in [9.17, 15) is 14.4 Å². The van der Waals surface area contributed by atoms with Gasteiger partial charge in [0.25, 0.3) is 11.8 Å². The van der Waals surface area contributed by atoms with Crippen molar-refractivity contribution in [3.8, 4) is 5.75 Å². The van der Waals surface area contributed by atoms with Crippen LogP contribution in [-0.2, 0) is 14.3 Å². The zero-order valence-electron chi connectivity index (χ0n) is 12.4. The van der Waals surface area contributed by atoms with E-state index in [4.69, 9.17) is 14.6 Å². The van der Waals surface area contributed by atoms with Gasteiger partial charge in [-0.2, -0.15) is 0 Å². The Balaban J connectivity index is 1.81. The number of fused-ring (bicyclic) bond motifs is 1. The van der Waals surface area contributed by atoms with Crippen LogP contribution in [0, 0.1) is 0 Å². The number of rotatable bonds is 2. The summed E-state index contributed by atoms with van der Waals surface area (Å²) in [6, 6.07) is 4.74. The molecule has 0 saturated carbocycles. The molecule has 0 bridgehead atoms. The fraction of sp³-hybridized carbons (Fsp3) is 0.400. The van der Waals surface area contributed by atoms with E-state index < -0.39 is 12.1 Å². The highest BCUT2D eigenvalue weighted by molar-refractivity contribution is 6.00. The monoisotopic (exact) mass is 320 g/mol. The van der Waals surface area contributed by atoms with Gasteiger partial charge in [-0.05, 0) is 25.1 Å². The van der Waals surface area contributed by atoms with Crippen LogP contribution in [0.1, 0.15) is 17.3 Å². The van der Waals surface area contributed by atoms with Crippen molar-refractivity contribution < 1.29 is 29.0 Å². The normalized spacial score (nSPS) is 23.5. The minimum atomic E-state index is -1.10. The number of hydrogen-bond acceptors (Lipinski definition) is 5. The molecule has 1 fully saturated rings. The van der Waals surface area contributed by atoms with Crippen molar-refractivity contribution in [1.29, 1.82) is 0 Å².